The zero-order chi connectivity index (χ0) is 13.8. The number of nitrogens with zero attached hydrogens (tertiary/aromatic N) is 1. The number of hydrogen-bond acceptors (Lipinski definition) is 3. The summed E-state index contributed by atoms with van der Waals surface area (Å²) in [5.41, 5.74) is 1.73. The molecule has 0 spiro atoms. The first kappa shape index (κ1) is 12.8. The molecule has 20 heavy (non-hydrogen) atoms. The highest BCUT2D eigenvalue weighted by Gasteiger charge is 2.07. The van der Waals surface area contributed by atoms with E-state index in [1.807, 2.05) is 60.7 Å². The Morgan fingerprint density at radius 3 is 2.50 bits per heavy atom. The van der Waals surface area contributed by atoms with Crippen molar-refractivity contribution in [3.8, 4) is 17.0 Å². The zero-order valence-electron chi connectivity index (χ0n) is 10.6. The van der Waals surface area contributed by atoms with Gasteiger partial charge in [-0.15, -0.1) is 0 Å². The van der Waals surface area contributed by atoms with Crippen molar-refractivity contribution in [1.29, 1.82) is 0 Å². The Hall–Kier alpha value is -2.26. The highest BCUT2D eigenvalue weighted by Crippen LogP contribution is 2.22. The van der Waals surface area contributed by atoms with Crippen LogP contribution in [0.3, 0.4) is 0 Å². The van der Waals surface area contributed by atoms with Crippen molar-refractivity contribution in [2.75, 3.05) is 0 Å². The maximum absolute atomic E-state index is 5.86. The van der Waals surface area contributed by atoms with Gasteiger partial charge in [-0.2, -0.15) is 0 Å². The van der Waals surface area contributed by atoms with Crippen LogP contribution >= 0.6 is 11.6 Å². The van der Waals surface area contributed by atoms with Crippen LogP contribution in [-0.2, 0) is 6.61 Å². The molecule has 3 nitrogen and oxygen atoms in total. The van der Waals surface area contributed by atoms with Gasteiger partial charge in [-0.05, 0) is 24.3 Å². The van der Waals surface area contributed by atoms with Crippen molar-refractivity contribution in [3.05, 3.63) is 71.4 Å². The number of ether oxygens (including phenoxy) is 1. The minimum absolute atomic E-state index is 0.352. The number of para-hydroxylation sites is 1. The number of benzene rings is 2. The van der Waals surface area contributed by atoms with Gasteiger partial charge in [0.25, 0.3) is 0 Å². The Balaban J connectivity index is 1.69. The predicted molar refractivity (Wildman–Crippen MR) is 77.7 cm³/mol. The van der Waals surface area contributed by atoms with E-state index in [2.05, 4.69) is 5.16 Å². The van der Waals surface area contributed by atoms with E-state index in [-0.39, 0.29) is 0 Å². The SMILES string of the molecule is Clc1ccc(-c2cc(COc3ccccc3)on2)cc1. The maximum Gasteiger partial charge on any atom is 0.174 e. The van der Waals surface area contributed by atoms with Crippen LogP contribution in [0.2, 0.25) is 5.02 Å². The second-order valence-corrected chi connectivity index (χ2v) is 4.72. The highest BCUT2D eigenvalue weighted by molar-refractivity contribution is 6.30. The lowest BCUT2D eigenvalue weighted by molar-refractivity contribution is 0.249. The summed E-state index contributed by atoms with van der Waals surface area (Å²) in [6.07, 6.45) is 0. The van der Waals surface area contributed by atoms with Gasteiger partial charge in [0.15, 0.2) is 5.76 Å². The Labute approximate surface area is 121 Å². The van der Waals surface area contributed by atoms with Gasteiger partial charge in [-0.3, -0.25) is 0 Å². The van der Waals surface area contributed by atoms with Crippen LogP contribution in [0.15, 0.2) is 65.2 Å². The molecule has 0 N–H and O–H groups in total. The first-order valence-corrected chi connectivity index (χ1v) is 6.58. The summed E-state index contributed by atoms with van der Waals surface area (Å²) in [5.74, 6) is 1.48. The van der Waals surface area contributed by atoms with Gasteiger partial charge < -0.3 is 9.26 Å². The van der Waals surface area contributed by atoms with Crippen molar-refractivity contribution in [3.63, 3.8) is 0 Å². The molecule has 0 atom stereocenters. The van der Waals surface area contributed by atoms with E-state index in [0.717, 1.165) is 17.0 Å². The molecule has 3 rings (SSSR count). The van der Waals surface area contributed by atoms with E-state index < -0.39 is 0 Å². The standard InChI is InChI=1S/C16H12ClNO2/c17-13-8-6-12(7-9-13)16-10-15(20-18-16)11-19-14-4-2-1-3-5-14/h1-10H,11H2. The third-order valence-corrected chi connectivity index (χ3v) is 3.08. The fourth-order valence-electron chi connectivity index (χ4n) is 1.81. The summed E-state index contributed by atoms with van der Waals surface area (Å²) in [7, 11) is 0. The van der Waals surface area contributed by atoms with Crippen LogP contribution in [0.5, 0.6) is 5.75 Å². The summed E-state index contributed by atoms with van der Waals surface area (Å²) < 4.78 is 10.9. The lowest BCUT2D eigenvalue weighted by Gasteiger charge is -2.01. The van der Waals surface area contributed by atoms with E-state index in [4.69, 9.17) is 20.9 Å². The molecule has 1 aromatic heterocycles. The highest BCUT2D eigenvalue weighted by atomic mass is 35.5. The normalized spacial score (nSPS) is 10.4. The number of aromatic nitrogens is 1. The molecule has 0 saturated heterocycles. The average molecular weight is 286 g/mol. The van der Waals surface area contributed by atoms with Crippen molar-refractivity contribution in [2.24, 2.45) is 0 Å². The molecule has 0 saturated carbocycles. The first-order valence-electron chi connectivity index (χ1n) is 6.21. The maximum atomic E-state index is 5.86. The van der Waals surface area contributed by atoms with E-state index >= 15 is 0 Å². The topological polar surface area (TPSA) is 35.3 Å². The smallest absolute Gasteiger partial charge is 0.174 e. The van der Waals surface area contributed by atoms with Gasteiger partial charge in [0, 0.05) is 16.7 Å². The predicted octanol–water partition coefficient (Wildman–Crippen LogP) is 4.57. The molecule has 1 heterocycles. The van der Waals surface area contributed by atoms with E-state index in [1.165, 1.54) is 0 Å². The Bertz CT molecular complexity index is 677. The molecule has 0 bridgehead atoms. The minimum atomic E-state index is 0.352. The van der Waals surface area contributed by atoms with Crippen molar-refractivity contribution in [1.82, 2.24) is 5.16 Å². The second-order valence-electron chi connectivity index (χ2n) is 4.29. The van der Waals surface area contributed by atoms with Crippen LogP contribution in [-0.4, -0.2) is 5.16 Å². The molecule has 4 heteroatoms. The van der Waals surface area contributed by atoms with Gasteiger partial charge in [0.05, 0.1) is 0 Å². The van der Waals surface area contributed by atoms with Crippen molar-refractivity contribution in [2.45, 2.75) is 6.61 Å². The fraction of sp³-hybridized carbons (Fsp3) is 0.0625. The van der Waals surface area contributed by atoms with E-state index in [0.29, 0.717) is 17.4 Å². The Morgan fingerprint density at radius 1 is 1.00 bits per heavy atom. The molecular weight excluding hydrogens is 274 g/mol. The number of hydrogen-bond donors (Lipinski definition) is 0. The lowest BCUT2D eigenvalue weighted by Crippen LogP contribution is -1.92. The van der Waals surface area contributed by atoms with Crippen LogP contribution in [0.4, 0.5) is 0 Å². The molecule has 0 radical (unpaired) electrons. The van der Waals surface area contributed by atoms with Crippen molar-refractivity contribution < 1.29 is 9.26 Å². The van der Waals surface area contributed by atoms with Crippen LogP contribution in [0.25, 0.3) is 11.3 Å². The average Bonchev–Trinajstić information content (AvgIpc) is 2.96. The third-order valence-electron chi connectivity index (χ3n) is 2.82. The van der Waals surface area contributed by atoms with Crippen LogP contribution in [0, 0.1) is 0 Å². The quantitative estimate of drug-likeness (QED) is 0.704. The third kappa shape index (κ3) is 3.00. The van der Waals surface area contributed by atoms with Gasteiger partial charge in [0.2, 0.25) is 0 Å². The van der Waals surface area contributed by atoms with Gasteiger partial charge in [0.1, 0.15) is 18.1 Å². The fourth-order valence-corrected chi connectivity index (χ4v) is 1.93. The van der Waals surface area contributed by atoms with Gasteiger partial charge in [-0.25, -0.2) is 0 Å². The first-order chi connectivity index (χ1) is 9.81. The summed E-state index contributed by atoms with van der Waals surface area (Å²) in [4.78, 5) is 0. The molecule has 0 aliphatic heterocycles. The van der Waals surface area contributed by atoms with E-state index in [9.17, 15) is 0 Å². The number of rotatable bonds is 4. The molecule has 0 fully saturated rings. The molecule has 0 unspecified atom stereocenters. The molecule has 0 amide bonds. The lowest BCUT2D eigenvalue weighted by atomic mass is 10.1. The monoisotopic (exact) mass is 285 g/mol. The second kappa shape index (κ2) is 5.80. The van der Waals surface area contributed by atoms with Crippen LogP contribution < -0.4 is 4.74 Å². The van der Waals surface area contributed by atoms with Crippen LogP contribution in [0.1, 0.15) is 5.76 Å². The molecular formula is C16H12ClNO2. The summed E-state index contributed by atoms with van der Waals surface area (Å²) >= 11 is 5.86. The summed E-state index contributed by atoms with van der Waals surface area (Å²) in [5, 5.41) is 4.73. The molecule has 100 valence electrons. The van der Waals surface area contributed by atoms with Gasteiger partial charge in [-0.1, -0.05) is 47.1 Å². The molecule has 2 aromatic carbocycles. The summed E-state index contributed by atoms with van der Waals surface area (Å²) in [6, 6.07) is 18.9. The number of halogens is 1. The van der Waals surface area contributed by atoms with Crippen molar-refractivity contribution >= 4 is 11.6 Å². The molecule has 3 aromatic rings. The van der Waals surface area contributed by atoms with E-state index in [1.54, 1.807) is 0 Å². The molecule has 0 aliphatic carbocycles. The Kier molecular flexibility index (Phi) is 3.70. The Morgan fingerprint density at radius 2 is 1.75 bits per heavy atom. The largest absolute Gasteiger partial charge is 0.486 e. The minimum Gasteiger partial charge on any atom is -0.486 e. The molecule has 0 aliphatic rings. The summed E-state index contributed by atoms with van der Waals surface area (Å²) in [6.45, 7) is 0.352. The van der Waals surface area contributed by atoms with Gasteiger partial charge >= 0.3 is 0 Å². The zero-order valence-corrected chi connectivity index (χ0v) is 11.4.